The molecule has 0 radical (unpaired) electrons. The Morgan fingerprint density at radius 1 is 1.41 bits per heavy atom. The summed E-state index contributed by atoms with van der Waals surface area (Å²) in [6, 6.07) is 3.25. The Morgan fingerprint density at radius 3 is 2.68 bits per heavy atom. The molecular formula is C15H21N3O4. The van der Waals surface area contributed by atoms with Crippen molar-refractivity contribution in [3.05, 3.63) is 12.1 Å². The highest BCUT2D eigenvalue weighted by Crippen LogP contribution is 2.34. The lowest BCUT2D eigenvalue weighted by Gasteiger charge is -2.34. The van der Waals surface area contributed by atoms with Crippen molar-refractivity contribution in [2.45, 2.75) is 39.9 Å². The lowest BCUT2D eigenvalue weighted by molar-refractivity contribution is -0.147. The Bertz CT molecular complexity index is 586. The summed E-state index contributed by atoms with van der Waals surface area (Å²) < 4.78 is 10.8. The number of aromatic nitrogens is 1. The number of rotatable bonds is 4. The quantitative estimate of drug-likeness (QED) is 0.844. The zero-order chi connectivity index (χ0) is 16.4. The van der Waals surface area contributed by atoms with E-state index in [9.17, 15) is 9.59 Å². The van der Waals surface area contributed by atoms with Crippen molar-refractivity contribution < 1.29 is 19.1 Å². The summed E-state index contributed by atoms with van der Waals surface area (Å²) in [5.74, 6) is 0.0823. The summed E-state index contributed by atoms with van der Waals surface area (Å²) in [7, 11) is 0. The van der Waals surface area contributed by atoms with Gasteiger partial charge in [0.1, 0.15) is 12.4 Å². The molecule has 0 aromatic carbocycles. The third-order valence-electron chi connectivity index (χ3n) is 3.14. The van der Waals surface area contributed by atoms with Crippen LogP contribution in [0.25, 0.3) is 0 Å². The summed E-state index contributed by atoms with van der Waals surface area (Å²) in [5.41, 5.74) is 5.67. The Kier molecular flexibility index (Phi) is 4.54. The highest BCUT2D eigenvalue weighted by molar-refractivity contribution is 6.02. The first-order valence-electron chi connectivity index (χ1n) is 7.23. The maximum absolute atomic E-state index is 12.6. The number of nitrogens with zero attached hydrogens (tertiary/aromatic N) is 2. The van der Waals surface area contributed by atoms with Gasteiger partial charge in [0.2, 0.25) is 0 Å². The maximum Gasteiger partial charge on any atom is 0.326 e. The number of nitrogen functional groups attached to an aromatic ring is 1. The molecule has 0 spiro atoms. The first-order valence-corrected chi connectivity index (χ1v) is 7.23. The monoisotopic (exact) mass is 307 g/mol. The van der Waals surface area contributed by atoms with Gasteiger partial charge in [-0.15, -0.1) is 0 Å². The van der Waals surface area contributed by atoms with E-state index >= 15 is 0 Å². The molecule has 1 aliphatic rings. The van der Waals surface area contributed by atoms with Crippen LogP contribution < -0.4 is 15.4 Å². The SMILES string of the molecule is CC(C)OC(=O)CN1C(=O)C(C(C)C)Oc2ccc(N)nc21. The standard InChI is InChI=1S/C15H21N3O4/c1-8(2)13-15(20)18(7-12(19)21-9(3)4)14-10(22-13)5-6-11(16)17-14/h5-6,8-9,13H,7H2,1-4H3,(H2,16,17). The number of hydrogen-bond acceptors (Lipinski definition) is 6. The molecule has 7 nitrogen and oxygen atoms in total. The minimum absolute atomic E-state index is 0.0400. The van der Waals surface area contributed by atoms with Gasteiger partial charge >= 0.3 is 5.97 Å². The number of ether oxygens (including phenoxy) is 2. The average Bonchev–Trinajstić information content (AvgIpc) is 2.40. The number of hydrogen-bond donors (Lipinski definition) is 1. The van der Waals surface area contributed by atoms with Crippen LogP contribution >= 0.6 is 0 Å². The van der Waals surface area contributed by atoms with Crippen LogP contribution in [0.1, 0.15) is 27.7 Å². The molecule has 1 atom stereocenters. The summed E-state index contributed by atoms with van der Waals surface area (Å²) >= 11 is 0. The lowest BCUT2D eigenvalue weighted by atomic mass is 10.0. The Labute approximate surface area is 129 Å². The normalized spacial score (nSPS) is 17.5. The smallest absolute Gasteiger partial charge is 0.326 e. The summed E-state index contributed by atoms with van der Waals surface area (Å²) in [6.45, 7) is 7.04. The van der Waals surface area contributed by atoms with Gasteiger partial charge < -0.3 is 15.2 Å². The second-order valence-electron chi connectivity index (χ2n) is 5.80. The van der Waals surface area contributed by atoms with Gasteiger partial charge in [-0.3, -0.25) is 14.5 Å². The van der Waals surface area contributed by atoms with Crippen molar-refractivity contribution in [1.29, 1.82) is 0 Å². The molecule has 22 heavy (non-hydrogen) atoms. The van der Waals surface area contributed by atoms with Crippen molar-refractivity contribution in [1.82, 2.24) is 4.98 Å². The van der Waals surface area contributed by atoms with Gasteiger partial charge in [-0.25, -0.2) is 4.98 Å². The van der Waals surface area contributed by atoms with Crippen LogP contribution in [-0.4, -0.2) is 35.6 Å². The molecule has 0 fully saturated rings. The number of anilines is 2. The molecule has 1 aliphatic heterocycles. The predicted molar refractivity (Wildman–Crippen MR) is 81.5 cm³/mol. The Morgan fingerprint density at radius 2 is 2.09 bits per heavy atom. The fourth-order valence-corrected chi connectivity index (χ4v) is 2.18. The maximum atomic E-state index is 12.6. The van der Waals surface area contributed by atoms with Crippen molar-refractivity contribution in [2.75, 3.05) is 17.2 Å². The van der Waals surface area contributed by atoms with Crippen LogP contribution in [-0.2, 0) is 14.3 Å². The van der Waals surface area contributed by atoms with Crippen molar-refractivity contribution in [3.8, 4) is 5.75 Å². The molecule has 0 aliphatic carbocycles. The van der Waals surface area contributed by atoms with E-state index in [1.54, 1.807) is 26.0 Å². The van der Waals surface area contributed by atoms with Crippen LogP contribution in [0, 0.1) is 5.92 Å². The van der Waals surface area contributed by atoms with Crippen molar-refractivity contribution in [3.63, 3.8) is 0 Å². The molecule has 0 saturated heterocycles. The molecule has 1 aromatic heterocycles. The molecule has 0 saturated carbocycles. The van der Waals surface area contributed by atoms with Crippen molar-refractivity contribution >= 4 is 23.5 Å². The molecule has 0 bridgehead atoms. The summed E-state index contributed by atoms with van der Waals surface area (Å²) in [6.07, 6.45) is -0.914. The molecule has 1 unspecified atom stereocenters. The Hall–Kier alpha value is -2.31. The fraction of sp³-hybridized carbons (Fsp3) is 0.533. The molecule has 7 heteroatoms. The number of pyridine rings is 1. The predicted octanol–water partition coefficient (Wildman–Crippen LogP) is 1.37. The van der Waals surface area contributed by atoms with Gasteiger partial charge in [0, 0.05) is 0 Å². The molecule has 120 valence electrons. The highest BCUT2D eigenvalue weighted by atomic mass is 16.5. The van der Waals surface area contributed by atoms with E-state index < -0.39 is 12.1 Å². The molecular weight excluding hydrogens is 286 g/mol. The van der Waals surface area contributed by atoms with E-state index in [-0.39, 0.29) is 36.1 Å². The molecule has 2 N–H and O–H groups in total. The van der Waals surface area contributed by atoms with Gasteiger partial charge in [0.25, 0.3) is 5.91 Å². The first kappa shape index (κ1) is 16.1. The zero-order valence-corrected chi connectivity index (χ0v) is 13.2. The summed E-state index contributed by atoms with van der Waals surface area (Å²) in [5, 5.41) is 0. The minimum atomic E-state index is -0.662. The number of carbonyl (C=O) groups is 2. The number of nitrogens with two attached hydrogens (primary N) is 1. The fourth-order valence-electron chi connectivity index (χ4n) is 2.18. The topological polar surface area (TPSA) is 94.8 Å². The van der Waals surface area contributed by atoms with Crippen LogP contribution in [0.4, 0.5) is 11.6 Å². The van der Waals surface area contributed by atoms with E-state index in [4.69, 9.17) is 15.2 Å². The van der Waals surface area contributed by atoms with Crippen molar-refractivity contribution in [2.24, 2.45) is 5.92 Å². The van der Waals surface area contributed by atoms with Gasteiger partial charge in [0.15, 0.2) is 17.7 Å². The van der Waals surface area contributed by atoms with E-state index in [0.29, 0.717) is 5.75 Å². The number of fused-ring (bicyclic) bond motifs is 1. The highest BCUT2D eigenvalue weighted by Gasteiger charge is 2.38. The minimum Gasteiger partial charge on any atom is -0.476 e. The zero-order valence-electron chi connectivity index (χ0n) is 13.2. The number of esters is 1. The van der Waals surface area contributed by atoms with Crippen LogP contribution in [0.15, 0.2) is 12.1 Å². The number of amides is 1. The van der Waals surface area contributed by atoms with Crippen LogP contribution in [0.2, 0.25) is 0 Å². The van der Waals surface area contributed by atoms with Gasteiger partial charge in [-0.05, 0) is 31.9 Å². The van der Waals surface area contributed by atoms with Crippen LogP contribution in [0.5, 0.6) is 5.75 Å². The Balaban J connectivity index is 2.34. The van der Waals surface area contributed by atoms with Gasteiger partial charge in [0.05, 0.1) is 6.10 Å². The van der Waals surface area contributed by atoms with Gasteiger partial charge in [-0.1, -0.05) is 13.8 Å². The largest absolute Gasteiger partial charge is 0.476 e. The molecule has 2 rings (SSSR count). The first-order chi connectivity index (χ1) is 10.3. The second-order valence-corrected chi connectivity index (χ2v) is 5.80. The number of carbonyl (C=O) groups excluding carboxylic acids is 2. The molecule has 2 heterocycles. The second kappa shape index (κ2) is 6.21. The summed E-state index contributed by atoms with van der Waals surface area (Å²) in [4.78, 5) is 29.9. The van der Waals surface area contributed by atoms with Crippen LogP contribution in [0.3, 0.4) is 0 Å². The lowest BCUT2D eigenvalue weighted by Crippen LogP contribution is -2.50. The molecule has 1 aromatic rings. The molecule has 1 amide bonds. The third kappa shape index (κ3) is 3.29. The van der Waals surface area contributed by atoms with E-state index in [1.807, 2.05) is 13.8 Å². The van der Waals surface area contributed by atoms with E-state index in [2.05, 4.69) is 4.98 Å². The average molecular weight is 307 g/mol. The van der Waals surface area contributed by atoms with E-state index in [1.165, 1.54) is 4.90 Å². The van der Waals surface area contributed by atoms with Gasteiger partial charge in [-0.2, -0.15) is 0 Å². The van der Waals surface area contributed by atoms with E-state index in [0.717, 1.165) is 0 Å². The third-order valence-corrected chi connectivity index (χ3v) is 3.14.